The summed E-state index contributed by atoms with van der Waals surface area (Å²) >= 11 is 0. The lowest BCUT2D eigenvalue weighted by atomic mass is 10.2. The van der Waals surface area contributed by atoms with Gasteiger partial charge in [0.2, 0.25) is 0 Å². The molecule has 0 aromatic rings. The van der Waals surface area contributed by atoms with Crippen molar-refractivity contribution in [2.45, 2.75) is 38.9 Å². The van der Waals surface area contributed by atoms with Crippen LogP contribution in [0.2, 0.25) is 18.1 Å². The zero-order chi connectivity index (χ0) is 10.5. The van der Waals surface area contributed by atoms with E-state index < -0.39 is 8.32 Å². The first kappa shape index (κ1) is 12.7. The fourth-order valence-electron chi connectivity index (χ4n) is 0.625. The van der Waals surface area contributed by atoms with Gasteiger partial charge in [0.25, 0.3) is 0 Å². The molecule has 13 heavy (non-hydrogen) atoms. The lowest BCUT2D eigenvalue weighted by Crippen LogP contribution is -2.40. The van der Waals surface area contributed by atoms with Gasteiger partial charge in [-0.2, -0.15) is 0 Å². The molecule has 0 saturated heterocycles. The van der Waals surface area contributed by atoms with Crippen LogP contribution in [0.3, 0.4) is 0 Å². The van der Waals surface area contributed by atoms with Crippen LogP contribution in [0.1, 0.15) is 20.8 Å². The standard InChI is InChI=1S/C11H22OSi/c1-7-8-9-10-12-13(5,6)11(2,3)4/h7-9H,1,10H2,2-6H3/b9-8-. The number of hydrogen-bond acceptors (Lipinski definition) is 1. The summed E-state index contributed by atoms with van der Waals surface area (Å²) in [7, 11) is -1.54. The van der Waals surface area contributed by atoms with Crippen LogP contribution < -0.4 is 0 Å². The molecule has 0 atom stereocenters. The van der Waals surface area contributed by atoms with Crippen molar-refractivity contribution in [3.05, 3.63) is 24.8 Å². The van der Waals surface area contributed by atoms with Crippen molar-refractivity contribution in [3.63, 3.8) is 0 Å². The number of allylic oxidation sites excluding steroid dienone is 2. The van der Waals surface area contributed by atoms with Crippen LogP contribution in [0.5, 0.6) is 0 Å². The summed E-state index contributed by atoms with van der Waals surface area (Å²) in [5.74, 6) is 0. The molecule has 0 radical (unpaired) electrons. The zero-order valence-electron chi connectivity index (χ0n) is 9.55. The summed E-state index contributed by atoms with van der Waals surface area (Å²) < 4.78 is 5.90. The Morgan fingerprint density at radius 3 is 2.23 bits per heavy atom. The lowest BCUT2D eigenvalue weighted by molar-refractivity contribution is 0.328. The van der Waals surface area contributed by atoms with Gasteiger partial charge in [0.15, 0.2) is 8.32 Å². The highest BCUT2D eigenvalue weighted by molar-refractivity contribution is 6.74. The van der Waals surface area contributed by atoms with E-state index in [4.69, 9.17) is 4.43 Å². The van der Waals surface area contributed by atoms with Crippen molar-refractivity contribution in [2.75, 3.05) is 6.61 Å². The Balaban J connectivity index is 4.04. The van der Waals surface area contributed by atoms with Crippen LogP contribution in [0.25, 0.3) is 0 Å². The molecule has 0 unspecified atom stereocenters. The Hall–Kier alpha value is -0.343. The molecule has 0 N–H and O–H groups in total. The predicted octanol–water partition coefficient (Wildman–Crippen LogP) is 3.75. The second kappa shape index (κ2) is 4.77. The van der Waals surface area contributed by atoms with Crippen molar-refractivity contribution >= 4 is 8.32 Å². The molecule has 0 amide bonds. The molecular formula is C11H22OSi. The topological polar surface area (TPSA) is 9.23 Å². The molecule has 0 aliphatic rings. The van der Waals surface area contributed by atoms with Gasteiger partial charge in [-0.1, -0.05) is 45.6 Å². The van der Waals surface area contributed by atoms with Gasteiger partial charge in [0, 0.05) is 0 Å². The van der Waals surface area contributed by atoms with Crippen molar-refractivity contribution in [2.24, 2.45) is 0 Å². The summed E-state index contributed by atoms with van der Waals surface area (Å²) in [6, 6.07) is 0. The highest BCUT2D eigenvalue weighted by atomic mass is 28.4. The SMILES string of the molecule is C=C/C=C\CO[Si](C)(C)C(C)(C)C. The van der Waals surface area contributed by atoms with Gasteiger partial charge in [0.05, 0.1) is 6.61 Å². The van der Waals surface area contributed by atoms with E-state index >= 15 is 0 Å². The maximum absolute atomic E-state index is 5.90. The minimum atomic E-state index is -1.54. The van der Waals surface area contributed by atoms with Gasteiger partial charge in [-0.3, -0.25) is 0 Å². The largest absolute Gasteiger partial charge is 0.413 e. The molecule has 2 heteroatoms. The Morgan fingerprint density at radius 2 is 1.85 bits per heavy atom. The molecule has 0 aromatic carbocycles. The monoisotopic (exact) mass is 198 g/mol. The second-order valence-electron chi connectivity index (χ2n) is 4.74. The van der Waals surface area contributed by atoms with E-state index in [0.29, 0.717) is 11.6 Å². The lowest BCUT2D eigenvalue weighted by Gasteiger charge is -2.35. The third-order valence-electron chi connectivity index (χ3n) is 2.62. The normalized spacial score (nSPS) is 13.6. The Bertz CT molecular complexity index is 187. The van der Waals surface area contributed by atoms with Gasteiger partial charge >= 0.3 is 0 Å². The van der Waals surface area contributed by atoms with Crippen LogP contribution in [-0.4, -0.2) is 14.9 Å². The Morgan fingerprint density at radius 1 is 1.31 bits per heavy atom. The van der Waals surface area contributed by atoms with E-state index in [0.717, 1.165) is 0 Å². The quantitative estimate of drug-likeness (QED) is 0.494. The van der Waals surface area contributed by atoms with Crippen molar-refractivity contribution in [1.82, 2.24) is 0 Å². The fraction of sp³-hybridized carbons (Fsp3) is 0.636. The summed E-state index contributed by atoms with van der Waals surface area (Å²) in [6.07, 6.45) is 5.70. The van der Waals surface area contributed by atoms with Crippen LogP contribution in [0.15, 0.2) is 24.8 Å². The third kappa shape index (κ3) is 4.43. The van der Waals surface area contributed by atoms with Crippen LogP contribution in [0.4, 0.5) is 0 Å². The molecule has 0 spiro atoms. The Labute approximate surface area is 83.6 Å². The maximum atomic E-state index is 5.90. The molecule has 0 rings (SSSR count). The number of rotatable bonds is 4. The van der Waals surface area contributed by atoms with Gasteiger partial charge in [-0.05, 0) is 18.1 Å². The Kier molecular flexibility index (Phi) is 4.65. The molecule has 76 valence electrons. The minimum Gasteiger partial charge on any atom is -0.413 e. The van der Waals surface area contributed by atoms with Crippen LogP contribution >= 0.6 is 0 Å². The average molecular weight is 198 g/mol. The molecule has 0 saturated carbocycles. The van der Waals surface area contributed by atoms with E-state index in [1.165, 1.54) is 0 Å². The van der Waals surface area contributed by atoms with Crippen molar-refractivity contribution in [1.29, 1.82) is 0 Å². The molecule has 0 fully saturated rings. The number of hydrogen-bond donors (Lipinski definition) is 0. The highest BCUT2D eigenvalue weighted by Gasteiger charge is 2.36. The fourth-order valence-corrected chi connectivity index (χ4v) is 1.57. The van der Waals surface area contributed by atoms with Crippen molar-refractivity contribution < 1.29 is 4.43 Å². The van der Waals surface area contributed by atoms with E-state index in [-0.39, 0.29) is 0 Å². The first-order valence-electron chi connectivity index (χ1n) is 4.73. The van der Waals surface area contributed by atoms with Gasteiger partial charge in [0.1, 0.15) is 0 Å². The maximum Gasteiger partial charge on any atom is 0.192 e. The van der Waals surface area contributed by atoms with E-state index in [2.05, 4.69) is 40.4 Å². The molecule has 0 aromatic heterocycles. The third-order valence-corrected chi connectivity index (χ3v) is 7.12. The van der Waals surface area contributed by atoms with Gasteiger partial charge in [-0.25, -0.2) is 0 Å². The molecule has 0 aliphatic carbocycles. The van der Waals surface area contributed by atoms with Crippen molar-refractivity contribution in [3.8, 4) is 0 Å². The van der Waals surface area contributed by atoms with Gasteiger partial charge in [-0.15, -0.1) is 0 Å². The zero-order valence-corrected chi connectivity index (χ0v) is 10.6. The first-order valence-corrected chi connectivity index (χ1v) is 7.63. The van der Waals surface area contributed by atoms with E-state index in [1.807, 2.05) is 12.2 Å². The van der Waals surface area contributed by atoms with Gasteiger partial charge < -0.3 is 4.43 Å². The van der Waals surface area contributed by atoms with Crippen LogP contribution in [0, 0.1) is 0 Å². The average Bonchev–Trinajstić information content (AvgIpc) is 1.96. The van der Waals surface area contributed by atoms with Crippen LogP contribution in [-0.2, 0) is 4.43 Å². The highest BCUT2D eigenvalue weighted by Crippen LogP contribution is 2.36. The summed E-state index contributed by atoms with van der Waals surface area (Å²) in [5.41, 5.74) is 0. The smallest absolute Gasteiger partial charge is 0.192 e. The van der Waals surface area contributed by atoms with E-state index in [1.54, 1.807) is 6.08 Å². The molecular weight excluding hydrogens is 176 g/mol. The molecule has 0 aliphatic heterocycles. The second-order valence-corrected chi connectivity index (χ2v) is 9.54. The molecule has 0 bridgehead atoms. The molecule has 0 heterocycles. The minimum absolute atomic E-state index is 0.301. The molecule has 1 nitrogen and oxygen atoms in total. The predicted molar refractivity (Wildman–Crippen MR) is 62.5 cm³/mol. The summed E-state index contributed by atoms with van der Waals surface area (Å²) in [6.45, 7) is 15.6. The summed E-state index contributed by atoms with van der Waals surface area (Å²) in [5, 5.41) is 0.301. The summed E-state index contributed by atoms with van der Waals surface area (Å²) in [4.78, 5) is 0. The first-order chi connectivity index (χ1) is 5.81. The van der Waals surface area contributed by atoms with E-state index in [9.17, 15) is 0 Å².